The minimum atomic E-state index is 0.274. The van der Waals surface area contributed by atoms with E-state index in [1.807, 2.05) is 0 Å². The van der Waals surface area contributed by atoms with Gasteiger partial charge in [-0.1, -0.05) is 69.7 Å². The van der Waals surface area contributed by atoms with Crippen LogP contribution in [0.5, 0.6) is 0 Å². The monoisotopic (exact) mass is 268 g/mol. The van der Waals surface area contributed by atoms with Gasteiger partial charge in [0.2, 0.25) is 5.12 Å². The summed E-state index contributed by atoms with van der Waals surface area (Å²) in [5.74, 6) is 0. The first-order valence-electron chi connectivity index (χ1n) is 7.70. The average Bonchev–Trinajstić information content (AvgIpc) is 2.39. The van der Waals surface area contributed by atoms with Gasteiger partial charge in [-0.3, -0.25) is 4.79 Å². The SMILES string of the molecule is CCCCCCC/C=C/C(=O)SC1CCCCC1. The highest BCUT2D eigenvalue weighted by Crippen LogP contribution is 2.28. The van der Waals surface area contributed by atoms with E-state index < -0.39 is 0 Å². The van der Waals surface area contributed by atoms with Crippen molar-refractivity contribution in [1.29, 1.82) is 0 Å². The van der Waals surface area contributed by atoms with Crippen LogP contribution >= 0.6 is 11.8 Å². The molecule has 0 atom stereocenters. The third-order valence-corrected chi connectivity index (χ3v) is 4.74. The van der Waals surface area contributed by atoms with Crippen molar-refractivity contribution >= 4 is 16.9 Å². The Morgan fingerprint density at radius 1 is 1.11 bits per heavy atom. The number of carbonyl (C=O) groups excluding carboxylic acids is 1. The predicted octanol–water partition coefficient (Wildman–Crippen LogP) is 5.50. The Morgan fingerprint density at radius 2 is 1.83 bits per heavy atom. The lowest BCUT2D eigenvalue weighted by Gasteiger charge is -2.19. The molecular formula is C16H28OS. The Kier molecular flexibility index (Phi) is 9.37. The molecule has 0 unspecified atom stereocenters. The second-order valence-electron chi connectivity index (χ2n) is 5.30. The van der Waals surface area contributed by atoms with Crippen LogP contribution in [0.15, 0.2) is 12.2 Å². The maximum Gasteiger partial charge on any atom is 0.212 e. The molecule has 1 rings (SSSR count). The molecule has 0 aromatic carbocycles. The Hall–Kier alpha value is -0.240. The second kappa shape index (κ2) is 10.7. The van der Waals surface area contributed by atoms with Crippen molar-refractivity contribution < 1.29 is 4.79 Å². The third kappa shape index (κ3) is 7.97. The fourth-order valence-corrected chi connectivity index (χ4v) is 3.50. The summed E-state index contributed by atoms with van der Waals surface area (Å²) < 4.78 is 0. The zero-order chi connectivity index (χ0) is 13.1. The highest BCUT2D eigenvalue weighted by atomic mass is 32.2. The minimum Gasteiger partial charge on any atom is -0.282 e. The first-order valence-corrected chi connectivity index (χ1v) is 8.58. The molecule has 0 saturated heterocycles. The topological polar surface area (TPSA) is 17.1 Å². The standard InChI is InChI=1S/C16H28OS/c1-2-3-4-5-6-7-11-14-16(17)18-15-12-9-8-10-13-15/h11,14-15H,2-10,12-13H2,1H3/b14-11+. The molecule has 0 spiro atoms. The molecule has 0 amide bonds. The number of thioether (sulfide) groups is 1. The molecule has 0 aliphatic heterocycles. The normalized spacial score (nSPS) is 17.4. The quantitative estimate of drug-likeness (QED) is 0.427. The maximum atomic E-state index is 11.7. The van der Waals surface area contributed by atoms with Crippen LogP contribution in [-0.2, 0) is 4.79 Å². The van der Waals surface area contributed by atoms with Crippen molar-refractivity contribution in [2.45, 2.75) is 82.8 Å². The average molecular weight is 268 g/mol. The highest BCUT2D eigenvalue weighted by molar-refractivity contribution is 8.14. The van der Waals surface area contributed by atoms with E-state index in [4.69, 9.17) is 0 Å². The van der Waals surface area contributed by atoms with Gasteiger partial charge in [0.15, 0.2) is 0 Å². The lowest BCUT2D eigenvalue weighted by Crippen LogP contribution is -2.10. The molecule has 1 saturated carbocycles. The number of carbonyl (C=O) groups is 1. The summed E-state index contributed by atoms with van der Waals surface area (Å²) in [6, 6.07) is 0. The van der Waals surface area contributed by atoms with Crippen molar-refractivity contribution in [1.82, 2.24) is 0 Å². The summed E-state index contributed by atoms with van der Waals surface area (Å²) in [5, 5.41) is 0.871. The summed E-state index contributed by atoms with van der Waals surface area (Å²) >= 11 is 1.57. The fraction of sp³-hybridized carbons (Fsp3) is 0.812. The van der Waals surface area contributed by atoms with E-state index in [0.29, 0.717) is 5.25 Å². The summed E-state index contributed by atoms with van der Waals surface area (Å²) in [6.45, 7) is 2.24. The zero-order valence-electron chi connectivity index (χ0n) is 11.8. The Labute approximate surface area is 117 Å². The van der Waals surface area contributed by atoms with Crippen LogP contribution < -0.4 is 0 Å². The van der Waals surface area contributed by atoms with Crippen molar-refractivity contribution in [2.75, 3.05) is 0 Å². The van der Waals surface area contributed by atoms with Gasteiger partial charge in [0.1, 0.15) is 0 Å². The van der Waals surface area contributed by atoms with Crippen LogP contribution in [0.3, 0.4) is 0 Å². The largest absolute Gasteiger partial charge is 0.282 e. The van der Waals surface area contributed by atoms with Crippen LogP contribution in [-0.4, -0.2) is 10.4 Å². The van der Waals surface area contributed by atoms with Gasteiger partial charge in [-0.15, -0.1) is 0 Å². The molecule has 0 N–H and O–H groups in total. The summed E-state index contributed by atoms with van der Waals surface area (Å²) in [4.78, 5) is 11.7. The van der Waals surface area contributed by atoms with Crippen LogP contribution in [0.2, 0.25) is 0 Å². The molecule has 1 aliphatic rings. The van der Waals surface area contributed by atoms with Crippen molar-refractivity contribution in [3.05, 3.63) is 12.2 Å². The number of unbranched alkanes of at least 4 members (excludes halogenated alkanes) is 5. The molecule has 1 aliphatic carbocycles. The molecule has 1 nitrogen and oxygen atoms in total. The lowest BCUT2D eigenvalue weighted by atomic mass is 10.0. The van der Waals surface area contributed by atoms with Gasteiger partial charge in [-0.2, -0.15) is 0 Å². The van der Waals surface area contributed by atoms with Crippen molar-refractivity contribution in [3.63, 3.8) is 0 Å². The Balaban J connectivity index is 2.00. The molecule has 0 aromatic rings. The molecule has 0 aromatic heterocycles. The Morgan fingerprint density at radius 3 is 2.56 bits per heavy atom. The van der Waals surface area contributed by atoms with E-state index in [-0.39, 0.29) is 5.12 Å². The molecule has 2 heteroatoms. The third-order valence-electron chi connectivity index (χ3n) is 3.56. The number of rotatable bonds is 8. The molecule has 0 radical (unpaired) electrons. The summed E-state index contributed by atoms with van der Waals surface area (Å²) in [7, 11) is 0. The number of allylic oxidation sites excluding steroid dienone is 1. The van der Waals surface area contributed by atoms with Gasteiger partial charge < -0.3 is 0 Å². The molecule has 0 bridgehead atoms. The van der Waals surface area contributed by atoms with E-state index in [2.05, 4.69) is 13.0 Å². The predicted molar refractivity (Wildman–Crippen MR) is 82.0 cm³/mol. The van der Waals surface area contributed by atoms with E-state index in [1.54, 1.807) is 17.8 Å². The summed E-state index contributed by atoms with van der Waals surface area (Å²) in [6.07, 6.45) is 17.9. The zero-order valence-corrected chi connectivity index (χ0v) is 12.6. The van der Waals surface area contributed by atoms with Crippen LogP contribution in [0, 0.1) is 0 Å². The molecular weight excluding hydrogens is 240 g/mol. The molecule has 0 heterocycles. The van der Waals surface area contributed by atoms with E-state index in [0.717, 1.165) is 6.42 Å². The molecule has 1 fully saturated rings. The van der Waals surface area contributed by atoms with Gasteiger partial charge in [0.05, 0.1) is 0 Å². The van der Waals surface area contributed by atoms with Crippen molar-refractivity contribution in [2.24, 2.45) is 0 Å². The molecule has 104 valence electrons. The Bertz CT molecular complexity index is 241. The maximum absolute atomic E-state index is 11.7. The van der Waals surface area contributed by atoms with Gasteiger partial charge in [0, 0.05) is 5.25 Å². The number of hydrogen-bond acceptors (Lipinski definition) is 2. The smallest absolute Gasteiger partial charge is 0.212 e. The van der Waals surface area contributed by atoms with Crippen LogP contribution in [0.4, 0.5) is 0 Å². The van der Waals surface area contributed by atoms with Gasteiger partial charge in [-0.05, 0) is 31.8 Å². The van der Waals surface area contributed by atoms with E-state index in [9.17, 15) is 4.79 Å². The van der Waals surface area contributed by atoms with Gasteiger partial charge >= 0.3 is 0 Å². The van der Waals surface area contributed by atoms with Crippen molar-refractivity contribution in [3.8, 4) is 0 Å². The van der Waals surface area contributed by atoms with Gasteiger partial charge in [-0.25, -0.2) is 0 Å². The van der Waals surface area contributed by atoms with E-state index in [1.165, 1.54) is 64.2 Å². The first kappa shape index (κ1) is 15.8. The fourth-order valence-electron chi connectivity index (χ4n) is 2.43. The first-order chi connectivity index (χ1) is 8.83. The van der Waals surface area contributed by atoms with Gasteiger partial charge in [0.25, 0.3) is 0 Å². The van der Waals surface area contributed by atoms with Crippen LogP contribution in [0.1, 0.15) is 77.6 Å². The number of hydrogen-bond donors (Lipinski definition) is 0. The highest BCUT2D eigenvalue weighted by Gasteiger charge is 2.15. The summed E-state index contributed by atoms with van der Waals surface area (Å²) in [5.41, 5.74) is 0. The van der Waals surface area contributed by atoms with E-state index >= 15 is 0 Å². The second-order valence-corrected chi connectivity index (χ2v) is 6.61. The molecule has 18 heavy (non-hydrogen) atoms. The van der Waals surface area contributed by atoms with Crippen LogP contribution in [0.25, 0.3) is 0 Å². The lowest BCUT2D eigenvalue weighted by molar-refractivity contribution is -0.107. The minimum absolute atomic E-state index is 0.274.